The van der Waals surface area contributed by atoms with E-state index in [-0.39, 0.29) is 17.9 Å². The minimum atomic E-state index is -1.12. The number of carbonyl (C=O) groups is 1. The number of hydroxylamine groups is 1. The van der Waals surface area contributed by atoms with E-state index >= 15 is 0 Å². The Bertz CT molecular complexity index is 188. The Labute approximate surface area is 64.1 Å². The topological polar surface area (TPSA) is 82.4 Å². The molecule has 0 aliphatic carbocycles. The minimum Gasteiger partial charge on any atom is -0.478 e. The van der Waals surface area contributed by atoms with Gasteiger partial charge >= 0.3 is 5.97 Å². The fraction of sp³-hybridized carbons (Fsp3) is 0.333. The zero-order chi connectivity index (χ0) is 8.85. The van der Waals surface area contributed by atoms with Crippen LogP contribution in [0.4, 0.5) is 0 Å². The molecule has 0 aliphatic rings. The Kier molecular flexibility index (Phi) is 3.90. The van der Waals surface area contributed by atoms with Crippen molar-refractivity contribution in [2.45, 2.75) is 6.42 Å². The summed E-state index contributed by atoms with van der Waals surface area (Å²) < 4.78 is 0. The normalized spacial score (nSPS) is 8.82. The van der Waals surface area contributed by atoms with Crippen LogP contribution in [0.15, 0.2) is 12.2 Å². The molecule has 0 aliphatic heterocycles. The van der Waals surface area contributed by atoms with E-state index in [1.807, 2.05) is 0 Å². The summed E-state index contributed by atoms with van der Waals surface area (Å²) in [5.41, 5.74) is 2.19. The van der Waals surface area contributed by atoms with Crippen molar-refractivity contribution in [3.8, 4) is 0 Å². The number of hydrogen-bond acceptors (Lipinski definition) is 4. The zero-order valence-electron chi connectivity index (χ0n) is 6.18. The number of carboxylic acids is 1. The molecule has 0 fully saturated rings. The van der Waals surface area contributed by atoms with E-state index in [4.69, 9.17) is 10.5 Å². The van der Waals surface area contributed by atoms with Gasteiger partial charge in [0.15, 0.2) is 0 Å². The van der Waals surface area contributed by atoms with Gasteiger partial charge in [-0.25, -0.2) is 4.79 Å². The predicted octanol–water partition coefficient (Wildman–Crippen LogP) is 0.146. The first-order valence-electron chi connectivity index (χ1n) is 2.90. The molecule has 0 aromatic carbocycles. The van der Waals surface area contributed by atoms with E-state index in [9.17, 15) is 4.79 Å². The molecule has 3 N–H and O–H groups in total. The highest BCUT2D eigenvalue weighted by molar-refractivity contribution is 5.92. The first-order valence-corrected chi connectivity index (χ1v) is 2.90. The molecule has 5 heteroatoms. The molecule has 0 atom stereocenters. The van der Waals surface area contributed by atoms with Gasteiger partial charge in [0.25, 0.3) is 0 Å². The molecule has 0 amide bonds. The molecule has 5 nitrogen and oxygen atoms in total. The monoisotopic (exact) mass is 158 g/mol. The van der Waals surface area contributed by atoms with Crippen LogP contribution < -0.4 is 5.48 Å². The minimum absolute atomic E-state index is 0.0646. The molecule has 0 unspecified atom stereocenters. The average molecular weight is 158 g/mol. The van der Waals surface area contributed by atoms with Crippen LogP contribution in [0.2, 0.25) is 0 Å². The van der Waals surface area contributed by atoms with Crippen LogP contribution in [0.1, 0.15) is 6.42 Å². The molecule has 0 radical (unpaired) electrons. The molecule has 0 spiro atoms. The lowest BCUT2D eigenvalue weighted by atomic mass is 10.2. The van der Waals surface area contributed by atoms with Crippen LogP contribution in [0.25, 0.3) is 0 Å². The van der Waals surface area contributed by atoms with Crippen LogP contribution in [0, 0.1) is 5.41 Å². The Morgan fingerprint density at radius 3 is 2.73 bits per heavy atom. The van der Waals surface area contributed by atoms with Crippen molar-refractivity contribution in [1.29, 1.82) is 5.41 Å². The van der Waals surface area contributed by atoms with Gasteiger partial charge in [0.2, 0.25) is 5.90 Å². The maximum Gasteiger partial charge on any atom is 0.331 e. The van der Waals surface area contributed by atoms with Gasteiger partial charge in [0.05, 0.1) is 6.42 Å². The maximum atomic E-state index is 10.2. The Hall–Kier alpha value is -1.36. The van der Waals surface area contributed by atoms with Gasteiger partial charge in [-0.15, -0.1) is 0 Å². The Morgan fingerprint density at radius 1 is 1.82 bits per heavy atom. The van der Waals surface area contributed by atoms with Crippen molar-refractivity contribution in [2.75, 3.05) is 7.05 Å². The van der Waals surface area contributed by atoms with E-state index in [2.05, 4.69) is 16.9 Å². The molecule has 0 rings (SSSR count). The molecule has 0 aromatic heterocycles. The van der Waals surface area contributed by atoms with Crippen molar-refractivity contribution < 1.29 is 14.7 Å². The second kappa shape index (κ2) is 4.45. The third-order valence-electron chi connectivity index (χ3n) is 0.902. The number of rotatable bonds is 4. The van der Waals surface area contributed by atoms with Gasteiger partial charge in [0, 0.05) is 12.6 Å². The molecule has 0 bridgehead atoms. The summed E-state index contributed by atoms with van der Waals surface area (Å²) in [4.78, 5) is 14.6. The Balaban J connectivity index is 3.76. The highest BCUT2D eigenvalue weighted by Gasteiger charge is 2.07. The lowest BCUT2D eigenvalue weighted by Crippen LogP contribution is -2.16. The van der Waals surface area contributed by atoms with Crippen molar-refractivity contribution in [3.63, 3.8) is 0 Å². The highest BCUT2D eigenvalue weighted by atomic mass is 16.6. The lowest BCUT2D eigenvalue weighted by molar-refractivity contribution is -0.132. The summed E-state index contributed by atoms with van der Waals surface area (Å²) in [7, 11) is 1.48. The summed E-state index contributed by atoms with van der Waals surface area (Å²) >= 11 is 0. The molecule has 11 heavy (non-hydrogen) atoms. The number of aliphatic carboxylic acids is 1. The molecule has 0 saturated heterocycles. The zero-order valence-corrected chi connectivity index (χ0v) is 6.18. The fourth-order valence-corrected chi connectivity index (χ4v) is 0.429. The van der Waals surface area contributed by atoms with E-state index in [1.165, 1.54) is 7.05 Å². The van der Waals surface area contributed by atoms with E-state index in [0.717, 1.165) is 0 Å². The SMILES string of the molecule is C=C(CC(=N)ONC)C(=O)O. The van der Waals surface area contributed by atoms with Gasteiger partial charge in [-0.3, -0.25) is 5.41 Å². The van der Waals surface area contributed by atoms with E-state index < -0.39 is 5.97 Å². The number of hydrogen-bond donors (Lipinski definition) is 3. The van der Waals surface area contributed by atoms with Crippen LogP contribution >= 0.6 is 0 Å². The second-order valence-corrected chi connectivity index (χ2v) is 1.81. The molecule has 0 saturated carbocycles. The summed E-state index contributed by atoms with van der Waals surface area (Å²) in [5.74, 6) is -1.28. The van der Waals surface area contributed by atoms with Crippen LogP contribution in [0.3, 0.4) is 0 Å². The summed E-state index contributed by atoms with van der Waals surface area (Å²) in [6.45, 7) is 3.23. The standard InChI is InChI=1S/C6H10N2O3/c1-4(6(9)10)3-5(7)11-8-2/h7-8H,1,3H2,2H3,(H,9,10). The first kappa shape index (κ1) is 9.64. The van der Waals surface area contributed by atoms with Gasteiger partial charge in [-0.2, -0.15) is 5.48 Å². The lowest BCUT2D eigenvalue weighted by Gasteiger charge is -2.02. The summed E-state index contributed by atoms with van der Waals surface area (Å²) in [6, 6.07) is 0. The number of nitrogens with one attached hydrogen (secondary N) is 2. The molecular weight excluding hydrogens is 148 g/mol. The average Bonchev–Trinajstić information content (AvgIpc) is 1.87. The van der Waals surface area contributed by atoms with E-state index in [0.29, 0.717) is 0 Å². The largest absolute Gasteiger partial charge is 0.478 e. The third-order valence-corrected chi connectivity index (χ3v) is 0.902. The van der Waals surface area contributed by atoms with Crippen LogP contribution in [-0.4, -0.2) is 24.0 Å². The van der Waals surface area contributed by atoms with Crippen molar-refractivity contribution in [3.05, 3.63) is 12.2 Å². The maximum absolute atomic E-state index is 10.2. The highest BCUT2D eigenvalue weighted by Crippen LogP contribution is 1.98. The fourth-order valence-electron chi connectivity index (χ4n) is 0.429. The van der Waals surface area contributed by atoms with Gasteiger partial charge in [-0.1, -0.05) is 6.58 Å². The van der Waals surface area contributed by atoms with Crippen molar-refractivity contribution in [2.24, 2.45) is 0 Å². The van der Waals surface area contributed by atoms with Crippen LogP contribution in [-0.2, 0) is 9.63 Å². The van der Waals surface area contributed by atoms with E-state index in [1.54, 1.807) is 0 Å². The summed E-state index contributed by atoms with van der Waals surface area (Å²) in [6.07, 6.45) is -0.0871. The molecular formula is C6H10N2O3. The summed E-state index contributed by atoms with van der Waals surface area (Å²) in [5, 5.41) is 15.3. The van der Waals surface area contributed by atoms with Gasteiger partial charge < -0.3 is 9.94 Å². The van der Waals surface area contributed by atoms with Gasteiger partial charge in [-0.05, 0) is 0 Å². The number of carboxylic acid groups (broad SMARTS) is 1. The Morgan fingerprint density at radius 2 is 2.36 bits per heavy atom. The predicted molar refractivity (Wildman–Crippen MR) is 39.3 cm³/mol. The smallest absolute Gasteiger partial charge is 0.331 e. The quantitative estimate of drug-likeness (QED) is 0.235. The van der Waals surface area contributed by atoms with Crippen LogP contribution in [0.5, 0.6) is 0 Å². The van der Waals surface area contributed by atoms with Crippen molar-refractivity contribution >= 4 is 11.9 Å². The first-order chi connectivity index (χ1) is 5.07. The molecule has 0 aromatic rings. The van der Waals surface area contributed by atoms with Crippen molar-refractivity contribution in [1.82, 2.24) is 5.48 Å². The molecule has 0 heterocycles. The molecule has 62 valence electrons. The van der Waals surface area contributed by atoms with Gasteiger partial charge in [0.1, 0.15) is 0 Å². The third kappa shape index (κ3) is 4.10. The second-order valence-electron chi connectivity index (χ2n) is 1.81.